The second kappa shape index (κ2) is 6.12. The first-order chi connectivity index (χ1) is 9.16. The van der Waals surface area contributed by atoms with Crippen LogP contribution >= 0.6 is 11.8 Å². The first-order valence-corrected chi connectivity index (χ1v) is 7.39. The van der Waals surface area contributed by atoms with Gasteiger partial charge in [-0.3, -0.25) is 4.79 Å². The molecule has 1 amide bonds. The quantitative estimate of drug-likeness (QED) is 0.859. The molecule has 0 saturated heterocycles. The molecule has 100 valence electrons. The van der Waals surface area contributed by atoms with E-state index in [0.29, 0.717) is 0 Å². The first kappa shape index (κ1) is 14.0. The SMILES string of the molecule is Cc1ccc(SC2(C(=O)NCC#N)CCCC2)cc1. The molecule has 0 spiro atoms. The number of hydrogen-bond acceptors (Lipinski definition) is 3. The van der Waals surface area contributed by atoms with Gasteiger partial charge in [0.25, 0.3) is 0 Å². The van der Waals surface area contributed by atoms with Crippen LogP contribution in [0.3, 0.4) is 0 Å². The molecule has 0 aromatic heterocycles. The lowest BCUT2D eigenvalue weighted by atomic mass is 10.1. The molecule has 1 saturated carbocycles. The number of carbonyl (C=O) groups excluding carboxylic acids is 1. The topological polar surface area (TPSA) is 52.9 Å². The van der Waals surface area contributed by atoms with E-state index in [1.165, 1.54) is 5.56 Å². The van der Waals surface area contributed by atoms with Crippen molar-refractivity contribution in [2.45, 2.75) is 42.2 Å². The van der Waals surface area contributed by atoms with Crippen LogP contribution in [-0.2, 0) is 4.79 Å². The lowest BCUT2D eigenvalue weighted by Crippen LogP contribution is -2.42. The zero-order chi connectivity index (χ0) is 13.7. The number of nitrogens with one attached hydrogen (secondary N) is 1. The average molecular weight is 274 g/mol. The Balaban J connectivity index is 2.13. The van der Waals surface area contributed by atoms with Gasteiger partial charge in [0.1, 0.15) is 6.54 Å². The molecule has 0 heterocycles. The van der Waals surface area contributed by atoms with Gasteiger partial charge in [0.05, 0.1) is 10.8 Å². The van der Waals surface area contributed by atoms with E-state index in [9.17, 15) is 4.79 Å². The fourth-order valence-electron chi connectivity index (χ4n) is 2.43. The van der Waals surface area contributed by atoms with Crippen molar-refractivity contribution >= 4 is 17.7 Å². The molecule has 0 unspecified atom stereocenters. The van der Waals surface area contributed by atoms with E-state index in [1.54, 1.807) is 11.8 Å². The van der Waals surface area contributed by atoms with E-state index in [4.69, 9.17) is 5.26 Å². The summed E-state index contributed by atoms with van der Waals surface area (Å²) in [4.78, 5) is 13.4. The van der Waals surface area contributed by atoms with Gasteiger partial charge in [0.15, 0.2) is 0 Å². The summed E-state index contributed by atoms with van der Waals surface area (Å²) in [6.07, 6.45) is 3.95. The molecular formula is C15H18N2OS. The maximum Gasteiger partial charge on any atom is 0.237 e. The third-order valence-electron chi connectivity index (χ3n) is 3.49. The summed E-state index contributed by atoms with van der Waals surface area (Å²) in [5.74, 6) is 0.0112. The van der Waals surface area contributed by atoms with E-state index in [1.807, 2.05) is 6.07 Å². The molecule has 0 atom stereocenters. The van der Waals surface area contributed by atoms with Gasteiger partial charge in [0.2, 0.25) is 5.91 Å². The number of benzene rings is 1. The standard InChI is InChI=1S/C15H18N2OS/c1-12-4-6-13(7-5-12)19-15(8-2-3-9-15)14(18)17-11-10-16/h4-7H,2-3,8-9,11H2,1H3,(H,17,18). The van der Waals surface area contributed by atoms with Crippen molar-refractivity contribution in [1.82, 2.24) is 5.32 Å². The number of thioether (sulfide) groups is 1. The smallest absolute Gasteiger partial charge is 0.237 e. The summed E-state index contributed by atoms with van der Waals surface area (Å²) in [5.41, 5.74) is 1.22. The van der Waals surface area contributed by atoms with Gasteiger partial charge in [-0.25, -0.2) is 0 Å². The van der Waals surface area contributed by atoms with Crippen molar-refractivity contribution in [3.63, 3.8) is 0 Å². The average Bonchev–Trinajstić information content (AvgIpc) is 2.88. The van der Waals surface area contributed by atoms with Crippen LogP contribution in [0, 0.1) is 18.3 Å². The number of nitriles is 1. The predicted octanol–water partition coefficient (Wildman–Crippen LogP) is 3.04. The van der Waals surface area contributed by atoms with Crippen LogP contribution in [0.4, 0.5) is 0 Å². The highest BCUT2D eigenvalue weighted by Gasteiger charge is 2.41. The molecule has 1 fully saturated rings. The Hall–Kier alpha value is -1.47. The van der Waals surface area contributed by atoms with Crippen LogP contribution in [-0.4, -0.2) is 17.2 Å². The summed E-state index contributed by atoms with van der Waals surface area (Å²) < 4.78 is -0.383. The Labute approximate surface area is 118 Å². The van der Waals surface area contributed by atoms with Gasteiger partial charge in [-0.15, -0.1) is 11.8 Å². The van der Waals surface area contributed by atoms with Crippen molar-refractivity contribution in [3.05, 3.63) is 29.8 Å². The molecule has 1 aromatic rings. The fourth-order valence-corrected chi connectivity index (χ4v) is 3.82. The molecule has 1 N–H and O–H groups in total. The van der Waals surface area contributed by atoms with E-state index in [-0.39, 0.29) is 17.2 Å². The van der Waals surface area contributed by atoms with Gasteiger partial charge >= 0.3 is 0 Å². The molecule has 0 radical (unpaired) electrons. The molecule has 19 heavy (non-hydrogen) atoms. The minimum Gasteiger partial charge on any atom is -0.342 e. The fraction of sp³-hybridized carbons (Fsp3) is 0.467. The third kappa shape index (κ3) is 3.30. The molecule has 1 aliphatic rings. The monoisotopic (exact) mass is 274 g/mol. The molecule has 1 aromatic carbocycles. The Morgan fingerprint density at radius 1 is 1.37 bits per heavy atom. The number of hydrogen-bond donors (Lipinski definition) is 1. The summed E-state index contributed by atoms with van der Waals surface area (Å²) >= 11 is 1.64. The summed E-state index contributed by atoms with van der Waals surface area (Å²) in [6.45, 7) is 2.15. The largest absolute Gasteiger partial charge is 0.342 e. The summed E-state index contributed by atoms with van der Waals surface area (Å²) in [5, 5.41) is 11.3. The number of rotatable bonds is 4. The van der Waals surface area contributed by atoms with Crippen LogP contribution in [0.1, 0.15) is 31.2 Å². The van der Waals surface area contributed by atoms with Crippen molar-refractivity contribution in [2.24, 2.45) is 0 Å². The number of nitrogens with zero attached hydrogens (tertiary/aromatic N) is 1. The molecule has 4 heteroatoms. The lowest BCUT2D eigenvalue weighted by molar-refractivity contribution is -0.123. The Morgan fingerprint density at radius 3 is 2.58 bits per heavy atom. The van der Waals surface area contributed by atoms with E-state index in [2.05, 4.69) is 36.5 Å². The van der Waals surface area contributed by atoms with Gasteiger partial charge in [-0.05, 0) is 31.9 Å². The van der Waals surface area contributed by atoms with Crippen LogP contribution in [0.25, 0.3) is 0 Å². The predicted molar refractivity (Wildman–Crippen MR) is 76.9 cm³/mol. The van der Waals surface area contributed by atoms with Crippen molar-refractivity contribution in [2.75, 3.05) is 6.54 Å². The minimum atomic E-state index is -0.383. The Morgan fingerprint density at radius 2 is 2.00 bits per heavy atom. The number of amides is 1. The van der Waals surface area contributed by atoms with E-state index >= 15 is 0 Å². The van der Waals surface area contributed by atoms with Crippen LogP contribution < -0.4 is 5.32 Å². The minimum absolute atomic E-state index is 0.0112. The van der Waals surface area contributed by atoms with Gasteiger partial charge in [-0.2, -0.15) is 5.26 Å². The van der Waals surface area contributed by atoms with Crippen LogP contribution in [0.15, 0.2) is 29.2 Å². The zero-order valence-electron chi connectivity index (χ0n) is 11.1. The van der Waals surface area contributed by atoms with E-state index < -0.39 is 0 Å². The van der Waals surface area contributed by atoms with Crippen molar-refractivity contribution < 1.29 is 4.79 Å². The maximum absolute atomic E-state index is 12.3. The normalized spacial score (nSPS) is 16.8. The highest BCUT2D eigenvalue weighted by Crippen LogP contribution is 2.45. The van der Waals surface area contributed by atoms with Gasteiger partial charge < -0.3 is 5.32 Å². The molecular weight excluding hydrogens is 256 g/mol. The summed E-state index contributed by atoms with van der Waals surface area (Å²) in [7, 11) is 0. The van der Waals surface area contributed by atoms with Crippen LogP contribution in [0.5, 0.6) is 0 Å². The second-order valence-corrected chi connectivity index (χ2v) is 6.41. The van der Waals surface area contributed by atoms with Crippen LogP contribution in [0.2, 0.25) is 0 Å². The van der Waals surface area contributed by atoms with Gasteiger partial charge in [-0.1, -0.05) is 30.5 Å². The molecule has 3 nitrogen and oxygen atoms in total. The van der Waals surface area contributed by atoms with Crippen molar-refractivity contribution in [1.29, 1.82) is 5.26 Å². The second-order valence-electron chi connectivity index (χ2n) is 4.96. The highest BCUT2D eigenvalue weighted by molar-refractivity contribution is 8.01. The van der Waals surface area contributed by atoms with Gasteiger partial charge in [0, 0.05) is 4.90 Å². The maximum atomic E-state index is 12.3. The highest BCUT2D eigenvalue weighted by atomic mass is 32.2. The number of aryl methyl sites for hydroxylation is 1. The number of carbonyl (C=O) groups is 1. The molecule has 0 bridgehead atoms. The third-order valence-corrected chi connectivity index (χ3v) is 4.98. The Bertz CT molecular complexity index is 484. The molecule has 1 aliphatic carbocycles. The molecule has 0 aliphatic heterocycles. The zero-order valence-corrected chi connectivity index (χ0v) is 11.9. The Kier molecular flexibility index (Phi) is 4.49. The lowest BCUT2D eigenvalue weighted by Gasteiger charge is -2.26. The van der Waals surface area contributed by atoms with E-state index in [0.717, 1.165) is 30.6 Å². The van der Waals surface area contributed by atoms with Crippen molar-refractivity contribution in [3.8, 4) is 6.07 Å². The molecule has 2 rings (SSSR count). The first-order valence-electron chi connectivity index (χ1n) is 6.57. The summed E-state index contributed by atoms with van der Waals surface area (Å²) in [6, 6.07) is 10.2.